The number of fused-ring (bicyclic) bond motifs is 3. The first kappa shape index (κ1) is 12.3. The van der Waals surface area contributed by atoms with Crippen LogP contribution in [0.5, 0.6) is 0 Å². The number of aromatic nitrogens is 2. The summed E-state index contributed by atoms with van der Waals surface area (Å²) in [7, 11) is 3.16. The fourth-order valence-electron chi connectivity index (χ4n) is 2.52. The van der Waals surface area contributed by atoms with E-state index in [4.69, 9.17) is 0 Å². The van der Waals surface area contributed by atoms with E-state index in [0.29, 0.717) is 11.8 Å². The van der Waals surface area contributed by atoms with Crippen molar-refractivity contribution in [2.45, 2.75) is 0 Å². The van der Waals surface area contributed by atoms with Gasteiger partial charge in [-0.25, -0.2) is 9.78 Å². The van der Waals surface area contributed by atoms with Crippen molar-refractivity contribution in [2.75, 3.05) is 7.11 Å². The van der Waals surface area contributed by atoms with Gasteiger partial charge in [0.25, 0.3) is 0 Å². The monoisotopic (exact) mass is 268 g/mol. The summed E-state index contributed by atoms with van der Waals surface area (Å²) in [5, 5.41) is 1.79. The van der Waals surface area contributed by atoms with Crippen LogP contribution >= 0.6 is 0 Å². The van der Waals surface area contributed by atoms with Crippen LogP contribution in [0.15, 0.2) is 30.3 Å². The van der Waals surface area contributed by atoms with Crippen molar-refractivity contribution in [3.8, 4) is 0 Å². The molecule has 0 aliphatic heterocycles. The maximum Gasteiger partial charge on any atom is 0.356 e. The number of hydrogen-bond donors (Lipinski definition) is 0. The van der Waals surface area contributed by atoms with E-state index in [1.807, 2.05) is 35.9 Å². The molecule has 0 saturated carbocycles. The van der Waals surface area contributed by atoms with Crippen LogP contribution in [0.1, 0.15) is 21.0 Å². The summed E-state index contributed by atoms with van der Waals surface area (Å²) in [6.45, 7) is 0. The van der Waals surface area contributed by atoms with Crippen LogP contribution in [0.25, 0.3) is 21.8 Å². The molecular weight excluding hydrogens is 256 g/mol. The quantitative estimate of drug-likeness (QED) is 0.528. The zero-order valence-electron chi connectivity index (χ0n) is 11.1. The number of para-hydroxylation sites is 1. The number of aryl methyl sites for hydroxylation is 1. The number of ether oxygens (including phenoxy) is 1. The van der Waals surface area contributed by atoms with Gasteiger partial charge >= 0.3 is 5.97 Å². The van der Waals surface area contributed by atoms with Crippen LogP contribution in [0.2, 0.25) is 0 Å². The molecule has 3 rings (SSSR count). The van der Waals surface area contributed by atoms with E-state index in [2.05, 4.69) is 9.72 Å². The predicted octanol–water partition coefficient (Wildman–Crippen LogP) is 2.33. The molecule has 0 aliphatic carbocycles. The number of nitrogens with zero attached hydrogens (tertiary/aromatic N) is 2. The summed E-state index contributed by atoms with van der Waals surface area (Å²) in [6.07, 6.45) is 0.660. The van der Waals surface area contributed by atoms with Crippen LogP contribution in [0, 0.1) is 0 Å². The molecule has 0 bridgehead atoms. The average Bonchev–Trinajstić information content (AvgIpc) is 2.79. The molecule has 0 atom stereocenters. The summed E-state index contributed by atoms with van der Waals surface area (Å²) in [6, 6.07) is 9.42. The Morgan fingerprint density at radius 3 is 2.75 bits per heavy atom. The van der Waals surface area contributed by atoms with Gasteiger partial charge in [0, 0.05) is 23.3 Å². The van der Waals surface area contributed by atoms with Gasteiger partial charge in [-0.15, -0.1) is 0 Å². The van der Waals surface area contributed by atoms with Gasteiger partial charge in [-0.2, -0.15) is 0 Å². The molecule has 0 saturated heterocycles. The Morgan fingerprint density at radius 1 is 1.30 bits per heavy atom. The number of methoxy groups -OCH3 is 1. The largest absolute Gasteiger partial charge is 0.464 e. The molecule has 2 aromatic heterocycles. The molecule has 0 radical (unpaired) electrons. The summed E-state index contributed by atoms with van der Waals surface area (Å²) < 4.78 is 6.58. The first-order chi connectivity index (χ1) is 9.67. The van der Waals surface area contributed by atoms with Gasteiger partial charge in [0.15, 0.2) is 6.29 Å². The van der Waals surface area contributed by atoms with Crippen molar-refractivity contribution in [3.63, 3.8) is 0 Å². The van der Waals surface area contributed by atoms with E-state index in [-0.39, 0.29) is 11.4 Å². The Kier molecular flexibility index (Phi) is 2.75. The molecule has 3 aromatic rings. The fourth-order valence-corrected chi connectivity index (χ4v) is 2.52. The zero-order valence-corrected chi connectivity index (χ0v) is 11.1. The van der Waals surface area contributed by atoms with Gasteiger partial charge in [0.05, 0.1) is 12.6 Å². The molecule has 0 N–H and O–H groups in total. The summed E-state index contributed by atoms with van der Waals surface area (Å²) >= 11 is 0. The van der Waals surface area contributed by atoms with Crippen molar-refractivity contribution < 1.29 is 14.3 Å². The van der Waals surface area contributed by atoms with Crippen molar-refractivity contribution in [1.82, 2.24) is 9.55 Å². The standard InChI is InChI=1S/C15H12N2O3/c1-17-13-6-4-3-5-9(13)10-7-11(15(19)20-2)16-12(8-18)14(10)17/h3-8H,1-2H3. The van der Waals surface area contributed by atoms with Crippen molar-refractivity contribution >= 4 is 34.1 Å². The summed E-state index contributed by atoms with van der Waals surface area (Å²) in [5.74, 6) is -0.553. The lowest BCUT2D eigenvalue weighted by Gasteiger charge is -2.03. The van der Waals surface area contributed by atoms with Gasteiger partial charge in [0.1, 0.15) is 11.4 Å². The smallest absolute Gasteiger partial charge is 0.356 e. The minimum Gasteiger partial charge on any atom is -0.464 e. The van der Waals surface area contributed by atoms with Crippen LogP contribution in [0.3, 0.4) is 0 Å². The predicted molar refractivity (Wildman–Crippen MR) is 74.9 cm³/mol. The molecule has 20 heavy (non-hydrogen) atoms. The Morgan fingerprint density at radius 2 is 2.05 bits per heavy atom. The first-order valence-electron chi connectivity index (χ1n) is 6.09. The Bertz CT molecular complexity index is 849. The van der Waals surface area contributed by atoms with Crippen LogP contribution in [-0.2, 0) is 11.8 Å². The van der Waals surface area contributed by atoms with E-state index in [1.165, 1.54) is 7.11 Å². The van der Waals surface area contributed by atoms with Crippen molar-refractivity contribution in [3.05, 3.63) is 41.7 Å². The van der Waals surface area contributed by atoms with E-state index in [0.717, 1.165) is 16.3 Å². The van der Waals surface area contributed by atoms with Crippen LogP contribution < -0.4 is 0 Å². The number of benzene rings is 1. The number of carbonyl (C=O) groups is 2. The third-order valence-corrected chi connectivity index (χ3v) is 3.42. The number of pyridine rings is 1. The fraction of sp³-hybridized carbons (Fsp3) is 0.133. The van der Waals surface area contributed by atoms with Crippen molar-refractivity contribution in [1.29, 1.82) is 0 Å². The van der Waals surface area contributed by atoms with E-state index in [1.54, 1.807) is 6.07 Å². The molecular formula is C15H12N2O3. The Hall–Kier alpha value is -2.69. The Balaban J connectivity index is 2.50. The third kappa shape index (κ3) is 1.60. The molecule has 5 heteroatoms. The maximum absolute atomic E-state index is 11.7. The average molecular weight is 268 g/mol. The molecule has 2 heterocycles. The normalized spacial score (nSPS) is 10.9. The lowest BCUT2D eigenvalue weighted by Crippen LogP contribution is -2.07. The van der Waals surface area contributed by atoms with Crippen LogP contribution in [-0.4, -0.2) is 28.9 Å². The molecule has 0 unspecified atom stereocenters. The summed E-state index contributed by atoms with van der Waals surface area (Å²) in [5.41, 5.74) is 2.07. The lowest BCUT2D eigenvalue weighted by atomic mass is 10.1. The number of esters is 1. The SMILES string of the molecule is COC(=O)c1cc2c3ccccc3n(C)c2c(C=O)n1. The third-order valence-electron chi connectivity index (χ3n) is 3.42. The van der Waals surface area contributed by atoms with E-state index >= 15 is 0 Å². The van der Waals surface area contributed by atoms with Gasteiger partial charge in [-0.1, -0.05) is 18.2 Å². The molecule has 1 aromatic carbocycles. The first-order valence-corrected chi connectivity index (χ1v) is 6.09. The molecule has 5 nitrogen and oxygen atoms in total. The van der Waals surface area contributed by atoms with Crippen molar-refractivity contribution in [2.24, 2.45) is 7.05 Å². The van der Waals surface area contributed by atoms with Gasteiger partial charge < -0.3 is 9.30 Å². The highest BCUT2D eigenvalue weighted by Crippen LogP contribution is 2.29. The van der Waals surface area contributed by atoms with Gasteiger partial charge in [-0.05, 0) is 12.1 Å². The van der Waals surface area contributed by atoms with Gasteiger partial charge in [-0.3, -0.25) is 4.79 Å². The number of aldehydes is 1. The molecule has 100 valence electrons. The molecule has 0 spiro atoms. The lowest BCUT2D eigenvalue weighted by molar-refractivity contribution is 0.0594. The molecule has 0 aliphatic rings. The highest BCUT2D eigenvalue weighted by atomic mass is 16.5. The maximum atomic E-state index is 11.7. The van der Waals surface area contributed by atoms with E-state index in [9.17, 15) is 9.59 Å². The minimum absolute atomic E-state index is 0.137. The molecule has 0 fully saturated rings. The number of carbonyl (C=O) groups excluding carboxylic acids is 2. The highest BCUT2D eigenvalue weighted by Gasteiger charge is 2.17. The second-order valence-corrected chi connectivity index (χ2v) is 4.47. The van der Waals surface area contributed by atoms with E-state index < -0.39 is 5.97 Å². The summed E-state index contributed by atoms with van der Waals surface area (Å²) in [4.78, 5) is 27.0. The minimum atomic E-state index is -0.553. The second-order valence-electron chi connectivity index (χ2n) is 4.47. The topological polar surface area (TPSA) is 61.2 Å². The zero-order chi connectivity index (χ0) is 14.3. The highest BCUT2D eigenvalue weighted by molar-refractivity contribution is 6.13. The van der Waals surface area contributed by atoms with Gasteiger partial charge in [0.2, 0.25) is 0 Å². The van der Waals surface area contributed by atoms with Crippen LogP contribution in [0.4, 0.5) is 0 Å². The number of hydrogen-bond acceptors (Lipinski definition) is 4. The Labute approximate surface area is 114 Å². The second kappa shape index (κ2) is 4.45. The number of rotatable bonds is 2. The molecule has 0 amide bonds.